The number of hydrogen-bond acceptors (Lipinski definition) is 8. The lowest BCUT2D eigenvalue weighted by molar-refractivity contribution is -0.129. The second kappa shape index (κ2) is 12.5. The topological polar surface area (TPSA) is 85.8 Å². The van der Waals surface area contributed by atoms with Crippen molar-refractivity contribution in [2.24, 2.45) is 0 Å². The van der Waals surface area contributed by atoms with E-state index in [1.54, 1.807) is 12.1 Å². The van der Waals surface area contributed by atoms with Gasteiger partial charge in [-0.2, -0.15) is 0 Å². The Labute approximate surface area is 216 Å². The van der Waals surface area contributed by atoms with E-state index >= 15 is 0 Å². The summed E-state index contributed by atoms with van der Waals surface area (Å²) in [5.74, 6) is 2.21. The highest BCUT2D eigenvalue weighted by atomic mass is 16.6. The predicted octanol–water partition coefficient (Wildman–Crippen LogP) is 5.98. The molecule has 0 spiro atoms. The molecule has 8 heteroatoms. The third kappa shape index (κ3) is 7.28. The molecule has 0 radical (unpaired) electrons. The second-order valence-electron chi connectivity index (χ2n) is 8.59. The van der Waals surface area contributed by atoms with Crippen molar-refractivity contribution < 1.29 is 19.0 Å². The lowest BCUT2D eigenvalue weighted by atomic mass is 10.2. The van der Waals surface area contributed by atoms with Gasteiger partial charge in [-0.1, -0.05) is 24.8 Å². The molecule has 0 atom stereocenters. The Morgan fingerprint density at radius 1 is 0.973 bits per heavy atom. The summed E-state index contributed by atoms with van der Waals surface area (Å²) in [6, 6.07) is 20.6. The maximum absolute atomic E-state index is 12.0. The predicted molar refractivity (Wildman–Crippen MR) is 145 cm³/mol. The van der Waals surface area contributed by atoms with Crippen molar-refractivity contribution >= 4 is 28.4 Å². The molecule has 0 bridgehead atoms. The number of fused-ring (bicyclic) bond motifs is 1. The van der Waals surface area contributed by atoms with E-state index in [-0.39, 0.29) is 5.75 Å². The zero-order valence-corrected chi connectivity index (χ0v) is 21.0. The van der Waals surface area contributed by atoms with Gasteiger partial charge in [0.15, 0.2) is 11.5 Å². The number of hydrogen-bond donors (Lipinski definition) is 1. The second-order valence-corrected chi connectivity index (χ2v) is 8.59. The first-order valence-electron chi connectivity index (χ1n) is 12.0. The minimum absolute atomic E-state index is 0.287. The summed E-state index contributed by atoms with van der Waals surface area (Å²) >= 11 is 0. The normalized spacial score (nSPS) is 10.8. The molecule has 4 rings (SSSR count). The van der Waals surface area contributed by atoms with Crippen molar-refractivity contribution in [2.45, 2.75) is 12.8 Å². The van der Waals surface area contributed by atoms with Crippen molar-refractivity contribution in [3.63, 3.8) is 0 Å². The molecule has 1 aromatic heterocycles. The number of esters is 1. The van der Waals surface area contributed by atoms with Gasteiger partial charge in [0.25, 0.3) is 0 Å². The molecule has 0 aliphatic rings. The number of ether oxygens (including phenoxy) is 3. The quantitative estimate of drug-likeness (QED) is 0.111. The fourth-order valence-electron chi connectivity index (χ4n) is 3.59. The molecule has 190 valence electrons. The monoisotopic (exact) mass is 498 g/mol. The van der Waals surface area contributed by atoms with E-state index in [2.05, 4.69) is 26.8 Å². The molecule has 0 amide bonds. The van der Waals surface area contributed by atoms with E-state index in [1.165, 1.54) is 6.33 Å². The van der Waals surface area contributed by atoms with Gasteiger partial charge in [0.2, 0.25) is 0 Å². The van der Waals surface area contributed by atoms with Crippen LogP contribution in [0.15, 0.2) is 85.7 Å². The van der Waals surface area contributed by atoms with Gasteiger partial charge in [0.05, 0.1) is 12.1 Å². The van der Waals surface area contributed by atoms with Crippen LogP contribution in [0.2, 0.25) is 0 Å². The van der Waals surface area contributed by atoms with Crippen LogP contribution in [0.1, 0.15) is 12.8 Å². The van der Waals surface area contributed by atoms with E-state index in [9.17, 15) is 4.79 Å². The summed E-state index contributed by atoms with van der Waals surface area (Å²) < 4.78 is 17.3. The number of benzene rings is 3. The van der Waals surface area contributed by atoms with Gasteiger partial charge >= 0.3 is 5.97 Å². The molecule has 8 nitrogen and oxygen atoms in total. The number of unbranched alkanes of at least 4 members (excludes halogenated alkanes) is 1. The smallest absolute Gasteiger partial charge is 0.335 e. The van der Waals surface area contributed by atoms with E-state index in [1.807, 2.05) is 68.7 Å². The van der Waals surface area contributed by atoms with Crippen LogP contribution >= 0.6 is 0 Å². The third-order valence-corrected chi connectivity index (χ3v) is 5.43. The zero-order valence-electron chi connectivity index (χ0n) is 21.0. The Kier molecular flexibility index (Phi) is 8.67. The highest BCUT2D eigenvalue weighted by Crippen LogP contribution is 2.35. The highest BCUT2D eigenvalue weighted by molar-refractivity contribution is 5.94. The van der Waals surface area contributed by atoms with Gasteiger partial charge in [-0.3, -0.25) is 0 Å². The number of rotatable bonds is 12. The van der Waals surface area contributed by atoms with Crippen LogP contribution in [0, 0.1) is 0 Å². The number of para-hydroxylation sites is 1. The molecule has 1 N–H and O–H groups in total. The van der Waals surface area contributed by atoms with E-state index in [0.717, 1.165) is 42.6 Å². The van der Waals surface area contributed by atoms with Crippen LogP contribution in [0.5, 0.6) is 23.0 Å². The van der Waals surface area contributed by atoms with Gasteiger partial charge in [0, 0.05) is 23.2 Å². The number of nitrogens with one attached hydrogen (secondary N) is 1. The average molecular weight is 499 g/mol. The number of nitrogens with zero attached hydrogens (tertiary/aromatic N) is 3. The Bertz CT molecular complexity index is 1340. The first-order chi connectivity index (χ1) is 18.0. The summed E-state index contributed by atoms with van der Waals surface area (Å²) in [5, 5.41) is 3.99. The maximum atomic E-state index is 12.0. The minimum Gasteiger partial charge on any atom is -0.490 e. The largest absolute Gasteiger partial charge is 0.490 e. The minimum atomic E-state index is -0.572. The molecule has 4 aromatic rings. The SMILES string of the molecule is C=CC(=O)Oc1cc2c(Nc3ccc(Oc4ccccc4)cc3)ncnc2cc1OCCCCN(C)C. The summed E-state index contributed by atoms with van der Waals surface area (Å²) in [7, 11) is 4.07. The molecular weight excluding hydrogens is 468 g/mol. The van der Waals surface area contributed by atoms with Gasteiger partial charge in [-0.15, -0.1) is 0 Å². The fraction of sp³-hybridized carbons (Fsp3) is 0.207. The van der Waals surface area contributed by atoms with Crippen molar-refractivity contribution in [2.75, 3.05) is 32.6 Å². The van der Waals surface area contributed by atoms with Crippen LogP contribution < -0.4 is 19.5 Å². The number of aromatic nitrogens is 2. The van der Waals surface area contributed by atoms with Gasteiger partial charge in [0.1, 0.15) is 23.6 Å². The van der Waals surface area contributed by atoms with Gasteiger partial charge < -0.3 is 24.4 Å². The lowest BCUT2D eigenvalue weighted by Gasteiger charge is -2.15. The lowest BCUT2D eigenvalue weighted by Crippen LogP contribution is -2.14. The first kappa shape index (κ1) is 25.7. The molecule has 0 saturated heterocycles. The molecule has 0 unspecified atom stereocenters. The molecular formula is C29H30N4O4. The highest BCUT2D eigenvalue weighted by Gasteiger charge is 2.15. The molecule has 37 heavy (non-hydrogen) atoms. The molecule has 0 aliphatic heterocycles. The Balaban J connectivity index is 1.54. The van der Waals surface area contributed by atoms with Crippen molar-refractivity contribution in [3.05, 3.63) is 85.7 Å². The number of carbonyl (C=O) groups is 1. The molecule has 0 fully saturated rings. The van der Waals surface area contributed by atoms with Crippen LogP contribution in [-0.2, 0) is 4.79 Å². The Morgan fingerprint density at radius 3 is 2.46 bits per heavy atom. The maximum Gasteiger partial charge on any atom is 0.335 e. The molecule has 0 saturated carbocycles. The standard InChI is InChI=1S/C29H30N4O4/c1-4-28(34)37-27-18-24-25(19-26(27)35-17-9-8-16-33(2)3)30-20-31-29(24)32-21-12-14-23(15-13-21)36-22-10-6-5-7-11-22/h4-7,10-15,18-20H,1,8-9,16-17H2,2-3H3,(H,30,31,32). The Morgan fingerprint density at radius 2 is 1.73 bits per heavy atom. The zero-order chi connectivity index (χ0) is 26.0. The van der Waals surface area contributed by atoms with Crippen molar-refractivity contribution in [1.82, 2.24) is 14.9 Å². The summed E-state index contributed by atoms with van der Waals surface area (Å²) in [6.45, 7) is 4.96. The molecule has 0 aliphatic carbocycles. The molecule has 1 heterocycles. The van der Waals surface area contributed by atoms with Crippen molar-refractivity contribution in [3.8, 4) is 23.0 Å². The summed E-state index contributed by atoms with van der Waals surface area (Å²) in [4.78, 5) is 22.9. The van der Waals surface area contributed by atoms with Crippen LogP contribution in [0.25, 0.3) is 10.9 Å². The summed E-state index contributed by atoms with van der Waals surface area (Å²) in [6.07, 6.45) is 4.46. The average Bonchev–Trinajstić information content (AvgIpc) is 2.90. The van der Waals surface area contributed by atoms with Crippen molar-refractivity contribution in [1.29, 1.82) is 0 Å². The third-order valence-electron chi connectivity index (χ3n) is 5.43. The van der Waals surface area contributed by atoms with E-state index < -0.39 is 5.97 Å². The number of carbonyl (C=O) groups excluding carboxylic acids is 1. The van der Waals surface area contributed by atoms with E-state index in [0.29, 0.717) is 29.1 Å². The van der Waals surface area contributed by atoms with Crippen LogP contribution in [-0.4, -0.2) is 48.1 Å². The fourth-order valence-corrected chi connectivity index (χ4v) is 3.59. The Hall–Kier alpha value is -4.43. The van der Waals surface area contributed by atoms with E-state index in [4.69, 9.17) is 14.2 Å². The first-order valence-corrected chi connectivity index (χ1v) is 12.0. The van der Waals surface area contributed by atoms with Gasteiger partial charge in [-0.25, -0.2) is 14.8 Å². The van der Waals surface area contributed by atoms with Crippen LogP contribution in [0.4, 0.5) is 11.5 Å². The van der Waals surface area contributed by atoms with Crippen LogP contribution in [0.3, 0.4) is 0 Å². The van der Waals surface area contributed by atoms with Gasteiger partial charge in [-0.05, 0) is 75.9 Å². The molecule has 3 aromatic carbocycles. The number of anilines is 2. The summed E-state index contributed by atoms with van der Waals surface area (Å²) in [5.41, 5.74) is 1.47.